The Balaban J connectivity index is 1.35. The molecular weight excluding hydrogens is 536 g/mol. The molecule has 4 atom stereocenters. The van der Waals surface area contributed by atoms with Crippen LogP contribution >= 0.6 is 0 Å². The summed E-state index contributed by atoms with van der Waals surface area (Å²) in [5.41, 5.74) is 15.1. The molecule has 218 valence electrons. The fraction of sp³-hybridized carbons (Fsp3) is 0.333. The van der Waals surface area contributed by atoms with Gasteiger partial charge in [-0.25, -0.2) is 9.97 Å². The van der Waals surface area contributed by atoms with Crippen molar-refractivity contribution in [3.63, 3.8) is 0 Å². The van der Waals surface area contributed by atoms with Crippen molar-refractivity contribution in [2.75, 3.05) is 13.1 Å². The molecule has 1 aliphatic carbocycles. The van der Waals surface area contributed by atoms with Crippen LogP contribution in [0.3, 0.4) is 0 Å². The summed E-state index contributed by atoms with van der Waals surface area (Å²) in [7, 11) is 0. The van der Waals surface area contributed by atoms with E-state index in [9.17, 15) is 19.2 Å². The Labute approximate surface area is 243 Å². The van der Waals surface area contributed by atoms with Gasteiger partial charge < -0.3 is 32.7 Å². The standard InChI is InChI=1S/C30H34N8O4/c31-25-19-11-12-20(26(25)32)16-36-30(42)24-6-2-4-22(38-24)28(40)34-14-18-9-7-17(8-10-18)13-33-27(39)21-3-1-5-23(37-21)29(41)35-15-19/h1-10,19-20,25-26H,11-16,31-32H2,(H,33,39)(H,34,40)(H,35,41)(H,36,42)/t19-,20+,25?,26?. The third kappa shape index (κ3) is 6.78. The number of amides is 4. The van der Waals surface area contributed by atoms with Crippen molar-refractivity contribution in [2.24, 2.45) is 23.3 Å². The first-order valence-electron chi connectivity index (χ1n) is 13.9. The highest BCUT2D eigenvalue weighted by Crippen LogP contribution is 2.27. The number of aromatic nitrogens is 2. The zero-order valence-corrected chi connectivity index (χ0v) is 23.0. The van der Waals surface area contributed by atoms with Gasteiger partial charge in [0.1, 0.15) is 22.8 Å². The number of rotatable bonds is 0. The minimum atomic E-state index is -0.407. The van der Waals surface area contributed by atoms with Gasteiger partial charge in [-0.1, -0.05) is 36.4 Å². The number of hydrogen-bond donors (Lipinski definition) is 6. The number of hydrogen-bond acceptors (Lipinski definition) is 8. The molecule has 3 aromatic rings. The average Bonchev–Trinajstić information content (AvgIpc) is 3.02. The molecule has 1 saturated carbocycles. The lowest BCUT2D eigenvalue weighted by Crippen LogP contribution is -2.58. The van der Waals surface area contributed by atoms with Gasteiger partial charge in [-0.15, -0.1) is 0 Å². The molecule has 2 aromatic heterocycles. The van der Waals surface area contributed by atoms with Crippen LogP contribution in [0.4, 0.5) is 0 Å². The molecule has 6 heterocycles. The number of carbonyl (C=O) groups is 4. The molecule has 0 spiro atoms. The van der Waals surface area contributed by atoms with Crippen LogP contribution < -0.4 is 32.7 Å². The second-order valence-corrected chi connectivity index (χ2v) is 10.7. The molecule has 8 bridgehead atoms. The Kier molecular flexibility index (Phi) is 8.84. The molecule has 1 aromatic carbocycles. The van der Waals surface area contributed by atoms with Gasteiger partial charge in [0.15, 0.2) is 0 Å². The molecule has 2 unspecified atom stereocenters. The monoisotopic (exact) mass is 570 g/mol. The van der Waals surface area contributed by atoms with Crippen LogP contribution in [0.15, 0.2) is 60.7 Å². The van der Waals surface area contributed by atoms with E-state index in [1.807, 2.05) is 24.3 Å². The van der Waals surface area contributed by atoms with Crippen molar-refractivity contribution in [3.05, 3.63) is 94.6 Å². The van der Waals surface area contributed by atoms with Crippen molar-refractivity contribution in [2.45, 2.75) is 38.0 Å². The smallest absolute Gasteiger partial charge is 0.270 e. The maximum atomic E-state index is 12.9. The third-order valence-corrected chi connectivity index (χ3v) is 7.85. The summed E-state index contributed by atoms with van der Waals surface area (Å²) in [5.74, 6) is -1.75. The van der Waals surface area contributed by atoms with Crippen LogP contribution in [0.5, 0.6) is 0 Å². The predicted octanol–water partition coefficient (Wildman–Crippen LogP) is 0.491. The number of pyridine rings is 2. The van der Waals surface area contributed by atoms with Gasteiger partial charge in [-0.2, -0.15) is 0 Å². The second kappa shape index (κ2) is 12.9. The summed E-state index contributed by atoms with van der Waals surface area (Å²) in [6, 6.07) is 16.0. The lowest BCUT2D eigenvalue weighted by Gasteiger charge is -2.39. The summed E-state index contributed by atoms with van der Waals surface area (Å²) in [5, 5.41) is 11.4. The highest BCUT2D eigenvalue weighted by molar-refractivity contribution is 5.97. The molecule has 0 radical (unpaired) electrons. The number of nitrogens with zero attached hydrogens (tertiary/aromatic N) is 2. The normalized spacial score (nSPS) is 23.9. The lowest BCUT2D eigenvalue weighted by molar-refractivity contribution is 0.0901. The molecule has 0 saturated heterocycles. The van der Waals surface area contributed by atoms with E-state index in [1.54, 1.807) is 36.4 Å². The van der Waals surface area contributed by atoms with E-state index in [1.165, 1.54) is 0 Å². The van der Waals surface area contributed by atoms with E-state index in [-0.39, 0.29) is 47.7 Å². The Morgan fingerprint density at radius 2 is 0.857 bits per heavy atom. The number of benzene rings is 1. The highest BCUT2D eigenvalue weighted by Gasteiger charge is 2.35. The SMILES string of the molecule is NC1C(N)[C@H]2CC[C@@H]1CNC(=O)c1cccc(n1)C(=O)NCc1ccc(cc1)CNC(=O)c1cccc(n1)C(=O)NC2. The largest absolute Gasteiger partial charge is 0.350 e. The number of nitrogens with two attached hydrogens (primary N) is 2. The van der Waals surface area contributed by atoms with Crippen LogP contribution in [-0.2, 0) is 13.1 Å². The van der Waals surface area contributed by atoms with Crippen molar-refractivity contribution >= 4 is 23.6 Å². The summed E-state index contributed by atoms with van der Waals surface area (Å²) in [6.07, 6.45) is 1.42. The topological polar surface area (TPSA) is 194 Å². The first kappa shape index (κ1) is 28.8. The zero-order valence-electron chi connectivity index (χ0n) is 23.0. The van der Waals surface area contributed by atoms with E-state index in [2.05, 4.69) is 31.2 Å². The van der Waals surface area contributed by atoms with Gasteiger partial charge in [0.05, 0.1) is 0 Å². The predicted molar refractivity (Wildman–Crippen MR) is 154 cm³/mol. The van der Waals surface area contributed by atoms with Gasteiger partial charge in [0.2, 0.25) is 0 Å². The summed E-state index contributed by atoms with van der Waals surface area (Å²) < 4.78 is 0. The molecule has 4 aliphatic heterocycles. The van der Waals surface area contributed by atoms with E-state index < -0.39 is 35.7 Å². The molecule has 4 amide bonds. The molecule has 42 heavy (non-hydrogen) atoms. The summed E-state index contributed by atoms with van der Waals surface area (Å²) in [6.45, 7) is 1.12. The van der Waals surface area contributed by atoms with Gasteiger partial charge in [-0.05, 0) is 60.1 Å². The maximum absolute atomic E-state index is 12.9. The Morgan fingerprint density at radius 3 is 1.21 bits per heavy atom. The van der Waals surface area contributed by atoms with E-state index in [4.69, 9.17) is 11.5 Å². The van der Waals surface area contributed by atoms with Crippen LogP contribution in [0.2, 0.25) is 0 Å². The second-order valence-electron chi connectivity index (χ2n) is 10.7. The van der Waals surface area contributed by atoms with Gasteiger partial charge in [-0.3, -0.25) is 19.2 Å². The van der Waals surface area contributed by atoms with E-state index >= 15 is 0 Å². The third-order valence-electron chi connectivity index (χ3n) is 7.85. The number of nitrogens with one attached hydrogen (secondary N) is 4. The molecular formula is C30H34N8O4. The average molecular weight is 571 g/mol. The zero-order chi connectivity index (χ0) is 29.6. The van der Waals surface area contributed by atoms with Crippen molar-refractivity contribution in [1.29, 1.82) is 0 Å². The molecule has 12 heteroatoms. The van der Waals surface area contributed by atoms with Gasteiger partial charge >= 0.3 is 0 Å². The molecule has 12 nitrogen and oxygen atoms in total. The minimum absolute atomic E-state index is 0.0656. The summed E-state index contributed by atoms with van der Waals surface area (Å²) >= 11 is 0. The fourth-order valence-corrected chi connectivity index (χ4v) is 5.24. The van der Waals surface area contributed by atoms with Crippen LogP contribution in [0.1, 0.15) is 65.9 Å². The van der Waals surface area contributed by atoms with E-state index in [0.29, 0.717) is 25.9 Å². The van der Waals surface area contributed by atoms with Crippen molar-refractivity contribution < 1.29 is 19.2 Å². The van der Waals surface area contributed by atoms with Crippen molar-refractivity contribution in [3.8, 4) is 0 Å². The van der Waals surface area contributed by atoms with Crippen molar-refractivity contribution in [1.82, 2.24) is 31.2 Å². The highest BCUT2D eigenvalue weighted by atomic mass is 16.2. The first-order chi connectivity index (χ1) is 20.3. The molecule has 1 fully saturated rings. The van der Waals surface area contributed by atoms with Gasteiger partial charge in [0.25, 0.3) is 23.6 Å². The Bertz CT molecular complexity index is 1370. The molecule has 5 aliphatic rings. The first-order valence-corrected chi connectivity index (χ1v) is 13.9. The van der Waals surface area contributed by atoms with Crippen LogP contribution in [0, 0.1) is 11.8 Å². The molecule has 8 rings (SSSR count). The Hall–Kier alpha value is -4.68. The van der Waals surface area contributed by atoms with E-state index in [0.717, 1.165) is 11.1 Å². The quantitative estimate of drug-likeness (QED) is 0.225. The van der Waals surface area contributed by atoms with Crippen LogP contribution in [-0.4, -0.2) is 58.8 Å². The maximum Gasteiger partial charge on any atom is 0.270 e. The minimum Gasteiger partial charge on any atom is -0.350 e. The van der Waals surface area contributed by atoms with Crippen LogP contribution in [0.25, 0.3) is 0 Å². The lowest BCUT2D eigenvalue weighted by atomic mass is 9.75. The van der Waals surface area contributed by atoms with Gasteiger partial charge in [0, 0.05) is 38.3 Å². The number of carbonyl (C=O) groups excluding carboxylic acids is 4. The summed E-state index contributed by atoms with van der Waals surface area (Å²) in [4.78, 5) is 59.7. The fourth-order valence-electron chi connectivity index (χ4n) is 5.24. The Morgan fingerprint density at radius 1 is 0.524 bits per heavy atom. The molecule has 8 N–H and O–H groups in total.